The fraction of sp³-hybridized carbons (Fsp3) is 0.250. The van der Waals surface area contributed by atoms with E-state index in [1.54, 1.807) is 29.9 Å². The third-order valence-corrected chi connectivity index (χ3v) is 2.88. The Morgan fingerprint density at radius 3 is 2.67 bits per heavy atom. The number of nitro benzene ring substituents is 1. The summed E-state index contributed by atoms with van der Waals surface area (Å²) in [6.45, 7) is 3.97. The third-order valence-electron chi connectivity index (χ3n) is 2.88. The molecular weight excluding hydrogens is 232 g/mol. The molecule has 0 atom stereocenters. The Morgan fingerprint density at radius 2 is 2.11 bits per heavy atom. The van der Waals surface area contributed by atoms with Crippen molar-refractivity contribution < 1.29 is 4.92 Å². The zero-order valence-electron chi connectivity index (χ0n) is 10.3. The van der Waals surface area contributed by atoms with E-state index in [0.29, 0.717) is 12.1 Å². The summed E-state index contributed by atoms with van der Waals surface area (Å²) in [4.78, 5) is 10.6. The van der Waals surface area contributed by atoms with Gasteiger partial charge in [-0.3, -0.25) is 10.1 Å². The van der Waals surface area contributed by atoms with Crippen LogP contribution in [0.5, 0.6) is 0 Å². The van der Waals surface area contributed by atoms with E-state index in [-0.39, 0.29) is 10.6 Å². The number of hydrogen-bond donors (Lipinski definition) is 1. The summed E-state index contributed by atoms with van der Waals surface area (Å²) >= 11 is 0. The molecule has 1 aromatic carbocycles. The summed E-state index contributed by atoms with van der Waals surface area (Å²) in [5, 5.41) is 15.2. The number of nitrogens with two attached hydrogens (primary N) is 1. The number of nitro groups is 1. The standard InChI is InChI=1S/C12H14N4O2/c1-8-3-4-11(16(17)18)9(2)12(8)15-6-5-10(7-13)14-15/h3-6H,7,13H2,1-2H3. The SMILES string of the molecule is Cc1ccc([N+](=O)[O-])c(C)c1-n1ccc(CN)n1. The molecule has 2 N–H and O–H groups in total. The van der Waals surface area contributed by atoms with Crippen molar-refractivity contribution >= 4 is 5.69 Å². The molecule has 0 amide bonds. The predicted octanol–water partition coefficient (Wildman–Crippen LogP) is 1.86. The Hall–Kier alpha value is -2.21. The molecule has 0 aliphatic carbocycles. The summed E-state index contributed by atoms with van der Waals surface area (Å²) in [6.07, 6.45) is 1.77. The fourth-order valence-electron chi connectivity index (χ4n) is 1.97. The lowest BCUT2D eigenvalue weighted by atomic mass is 10.1. The fourth-order valence-corrected chi connectivity index (χ4v) is 1.97. The molecule has 6 nitrogen and oxygen atoms in total. The Labute approximate surface area is 104 Å². The van der Waals surface area contributed by atoms with Gasteiger partial charge in [0.2, 0.25) is 0 Å². The van der Waals surface area contributed by atoms with Crippen molar-refractivity contribution in [3.05, 3.63) is 51.3 Å². The second-order valence-corrected chi connectivity index (χ2v) is 4.09. The number of rotatable bonds is 3. The maximum Gasteiger partial charge on any atom is 0.274 e. The van der Waals surface area contributed by atoms with E-state index in [1.807, 2.05) is 6.92 Å². The average Bonchev–Trinajstić information content (AvgIpc) is 2.77. The molecule has 0 fully saturated rings. The molecule has 0 radical (unpaired) electrons. The van der Waals surface area contributed by atoms with Crippen molar-refractivity contribution in [1.29, 1.82) is 0 Å². The minimum atomic E-state index is -0.383. The minimum absolute atomic E-state index is 0.0976. The number of benzene rings is 1. The van der Waals surface area contributed by atoms with E-state index >= 15 is 0 Å². The van der Waals surface area contributed by atoms with E-state index in [9.17, 15) is 10.1 Å². The number of aromatic nitrogens is 2. The molecule has 0 spiro atoms. The molecule has 0 saturated heterocycles. The van der Waals surface area contributed by atoms with Gasteiger partial charge in [-0.1, -0.05) is 6.07 Å². The van der Waals surface area contributed by atoms with Crippen LogP contribution in [-0.4, -0.2) is 14.7 Å². The Kier molecular flexibility index (Phi) is 3.12. The first kappa shape index (κ1) is 12.3. The Bertz CT molecular complexity index is 604. The van der Waals surface area contributed by atoms with Gasteiger partial charge in [-0.25, -0.2) is 4.68 Å². The van der Waals surface area contributed by atoms with Gasteiger partial charge < -0.3 is 5.73 Å². The monoisotopic (exact) mass is 246 g/mol. The zero-order chi connectivity index (χ0) is 13.3. The highest BCUT2D eigenvalue weighted by molar-refractivity contribution is 5.56. The van der Waals surface area contributed by atoms with Gasteiger partial charge in [0.1, 0.15) is 0 Å². The summed E-state index contributed by atoms with van der Waals surface area (Å²) in [5.74, 6) is 0. The molecule has 1 heterocycles. The largest absolute Gasteiger partial charge is 0.325 e. The topological polar surface area (TPSA) is 87.0 Å². The van der Waals surface area contributed by atoms with Gasteiger partial charge in [0, 0.05) is 18.8 Å². The van der Waals surface area contributed by atoms with Crippen molar-refractivity contribution in [2.24, 2.45) is 5.73 Å². The van der Waals surface area contributed by atoms with Gasteiger partial charge in [-0.15, -0.1) is 0 Å². The first-order valence-electron chi connectivity index (χ1n) is 5.54. The Morgan fingerprint density at radius 1 is 1.39 bits per heavy atom. The maximum absolute atomic E-state index is 10.9. The van der Waals surface area contributed by atoms with Gasteiger partial charge in [-0.2, -0.15) is 5.10 Å². The number of hydrogen-bond acceptors (Lipinski definition) is 4. The van der Waals surface area contributed by atoms with Crippen molar-refractivity contribution in [2.75, 3.05) is 0 Å². The molecule has 94 valence electrons. The van der Waals surface area contributed by atoms with Crippen LogP contribution in [0.15, 0.2) is 24.4 Å². The van der Waals surface area contributed by atoms with Crippen LogP contribution in [-0.2, 0) is 6.54 Å². The summed E-state index contributed by atoms with van der Waals surface area (Å²) in [7, 11) is 0. The first-order chi connectivity index (χ1) is 8.54. The van der Waals surface area contributed by atoms with Gasteiger partial charge in [-0.05, 0) is 25.5 Å². The van der Waals surface area contributed by atoms with Crippen molar-refractivity contribution in [3.63, 3.8) is 0 Å². The van der Waals surface area contributed by atoms with Gasteiger partial charge in [0.25, 0.3) is 5.69 Å². The average molecular weight is 246 g/mol. The molecule has 0 aliphatic rings. The molecule has 0 unspecified atom stereocenters. The normalized spacial score (nSPS) is 10.6. The number of nitrogens with zero attached hydrogens (tertiary/aromatic N) is 3. The van der Waals surface area contributed by atoms with E-state index < -0.39 is 0 Å². The van der Waals surface area contributed by atoms with Crippen LogP contribution in [0.2, 0.25) is 0 Å². The first-order valence-corrected chi connectivity index (χ1v) is 5.54. The van der Waals surface area contributed by atoms with Gasteiger partial charge in [0.05, 0.1) is 21.9 Å². The van der Waals surface area contributed by atoms with E-state index in [2.05, 4.69) is 5.10 Å². The molecule has 0 bridgehead atoms. The molecule has 0 saturated carbocycles. The zero-order valence-corrected chi connectivity index (χ0v) is 10.3. The summed E-state index contributed by atoms with van der Waals surface area (Å²) < 4.78 is 1.64. The maximum atomic E-state index is 10.9. The molecule has 0 aliphatic heterocycles. The summed E-state index contributed by atoms with van der Waals surface area (Å²) in [6, 6.07) is 5.05. The highest BCUT2D eigenvalue weighted by Gasteiger charge is 2.17. The lowest BCUT2D eigenvalue weighted by Crippen LogP contribution is -2.05. The quantitative estimate of drug-likeness (QED) is 0.661. The highest BCUT2D eigenvalue weighted by atomic mass is 16.6. The lowest BCUT2D eigenvalue weighted by Gasteiger charge is -2.10. The van der Waals surface area contributed by atoms with Crippen molar-refractivity contribution in [3.8, 4) is 5.69 Å². The minimum Gasteiger partial charge on any atom is -0.325 e. The van der Waals surface area contributed by atoms with Crippen LogP contribution in [0.3, 0.4) is 0 Å². The van der Waals surface area contributed by atoms with Crippen LogP contribution in [0, 0.1) is 24.0 Å². The molecule has 2 rings (SSSR count). The van der Waals surface area contributed by atoms with Crippen LogP contribution in [0.25, 0.3) is 5.69 Å². The predicted molar refractivity (Wildman–Crippen MR) is 67.6 cm³/mol. The van der Waals surface area contributed by atoms with Gasteiger partial charge >= 0.3 is 0 Å². The number of aryl methyl sites for hydroxylation is 1. The molecular formula is C12H14N4O2. The molecule has 1 aromatic heterocycles. The molecule has 2 aromatic rings. The lowest BCUT2D eigenvalue weighted by molar-refractivity contribution is -0.385. The van der Waals surface area contributed by atoms with Crippen LogP contribution in [0.1, 0.15) is 16.8 Å². The molecule has 6 heteroatoms. The molecule has 18 heavy (non-hydrogen) atoms. The third kappa shape index (κ3) is 1.98. The van der Waals surface area contributed by atoms with Crippen molar-refractivity contribution in [2.45, 2.75) is 20.4 Å². The summed E-state index contributed by atoms with van der Waals surface area (Å²) in [5.41, 5.74) is 8.64. The van der Waals surface area contributed by atoms with Crippen LogP contribution < -0.4 is 5.73 Å². The van der Waals surface area contributed by atoms with E-state index in [1.165, 1.54) is 6.07 Å². The second kappa shape index (κ2) is 4.58. The van der Waals surface area contributed by atoms with Gasteiger partial charge in [0.15, 0.2) is 0 Å². The van der Waals surface area contributed by atoms with Crippen molar-refractivity contribution in [1.82, 2.24) is 9.78 Å². The van der Waals surface area contributed by atoms with E-state index in [0.717, 1.165) is 16.9 Å². The highest BCUT2D eigenvalue weighted by Crippen LogP contribution is 2.27. The second-order valence-electron chi connectivity index (χ2n) is 4.09. The van der Waals surface area contributed by atoms with E-state index in [4.69, 9.17) is 5.73 Å². The van der Waals surface area contributed by atoms with Crippen LogP contribution in [0.4, 0.5) is 5.69 Å². The smallest absolute Gasteiger partial charge is 0.274 e. The Balaban J connectivity index is 2.62. The van der Waals surface area contributed by atoms with Crippen LogP contribution >= 0.6 is 0 Å².